The normalized spacial score (nSPS) is 13.8. The van der Waals surface area contributed by atoms with E-state index in [9.17, 15) is 0 Å². The van der Waals surface area contributed by atoms with E-state index in [0.29, 0.717) is 6.54 Å². The number of rotatable bonds is 2. The highest BCUT2D eigenvalue weighted by molar-refractivity contribution is 4.85. The van der Waals surface area contributed by atoms with Crippen molar-refractivity contribution in [2.75, 3.05) is 6.54 Å². The molecule has 0 fully saturated rings. The molecule has 2 heteroatoms. The number of hydrogen-bond donors (Lipinski definition) is 2. The van der Waals surface area contributed by atoms with Gasteiger partial charge in [-0.05, 0) is 34.6 Å². The summed E-state index contributed by atoms with van der Waals surface area (Å²) in [6.45, 7) is 11.3. The average Bonchev–Trinajstić information content (AvgIpc) is 1.60. The van der Waals surface area contributed by atoms with Crippen molar-refractivity contribution >= 4 is 0 Å². The van der Waals surface area contributed by atoms with Crippen molar-refractivity contribution in [3.63, 3.8) is 0 Å². The molecule has 0 aliphatic carbocycles. The van der Waals surface area contributed by atoms with Gasteiger partial charge in [-0.15, -0.1) is 0 Å². The van der Waals surface area contributed by atoms with Crippen molar-refractivity contribution in [1.29, 1.82) is 0 Å². The maximum Gasteiger partial charge on any atom is 0.0252 e. The van der Waals surface area contributed by atoms with Gasteiger partial charge in [0.15, 0.2) is 0 Å². The van der Waals surface area contributed by atoms with Gasteiger partial charge in [0.2, 0.25) is 0 Å². The third-order valence-electron chi connectivity index (χ3n) is 1.22. The van der Waals surface area contributed by atoms with Crippen molar-refractivity contribution in [2.45, 2.75) is 45.7 Å². The molecule has 3 N–H and O–H groups in total. The first-order chi connectivity index (χ1) is 4.27. The summed E-state index contributed by atoms with van der Waals surface area (Å²) in [5.41, 5.74) is 5.76. The number of nitrogens with one attached hydrogen (secondary N) is 1. The molecular weight excluding hydrogens is 124 g/mol. The molecule has 0 aromatic rings. The maximum absolute atomic E-state index is 5.55. The summed E-state index contributed by atoms with van der Waals surface area (Å²) in [4.78, 5) is 0. The Morgan fingerprint density at radius 2 is 1.50 bits per heavy atom. The topological polar surface area (TPSA) is 38.0 Å². The Kier molecular flexibility index (Phi) is 2.86. The molecule has 0 aliphatic heterocycles. The molecule has 0 amide bonds. The van der Waals surface area contributed by atoms with Crippen LogP contribution in [0.5, 0.6) is 0 Å². The lowest BCUT2D eigenvalue weighted by Crippen LogP contribution is -2.54. The van der Waals surface area contributed by atoms with Crippen molar-refractivity contribution in [2.24, 2.45) is 5.73 Å². The molecule has 0 radical (unpaired) electrons. The zero-order chi connectivity index (χ0) is 8.41. The Balaban J connectivity index is 3.89. The highest BCUT2D eigenvalue weighted by atomic mass is 15.0. The molecule has 0 aliphatic rings. The standard InChI is InChI=1S/C8H20N2/c1-7(2,3)10-8(4,5)6-9/h10H,6,9H2,1-5H3. The Labute approximate surface area is 64.2 Å². The van der Waals surface area contributed by atoms with E-state index in [4.69, 9.17) is 5.73 Å². The summed E-state index contributed by atoms with van der Waals surface area (Å²) in [6, 6.07) is 0. The Morgan fingerprint density at radius 3 is 1.60 bits per heavy atom. The van der Waals surface area contributed by atoms with E-state index in [-0.39, 0.29) is 11.1 Å². The molecule has 2 nitrogen and oxygen atoms in total. The van der Waals surface area contributed by atoms with Gasteiger partial charge in [-0.1, -0.05) is 0 Å². The van der Waals surface area contributed by atoms with E-state index < -0.39 is 0 Å². The molecule has 0 heterocycles. The molecule has 0 aromatic carbocycles. The quantitative estimate of drug-likeness (QED) is 0.609. The first-order valence-corrected chi connectivity index (χ1v) is 3.76. The van der Waals surface area contributed by atoms with Crippen LogP contribution in [0.15, 0.2) is 0 Å². The molecule has 0 saturated heterocycles. The summed E-state index contributed by atoms with van der Waals surface area (Å²) >= 11 is 0. The summed E-state index contributed by atoms with van der Waals surface area (Å²) in [5.74, 6) is 0. The van der Waals surface area contributed by atoms with Crippen molar-refractivity contribution in [3.8, 4) is 0 Å². The summed E-state index contributed by atoms with van der Waals surface area (Å²) < 4.78 is 0. The van der Waals surface area contributed by atoms with Gasteiger partial charge in [0, 0.05) is 17.6 Å². The Morgan fingerprint density at radius 1 is 1.10 bits per heavy atom. The van der Waals surface area contributed by atoms with Crippen molar-refractivity contribution < 1.29 is 0 Å². The van der Waals surface area contributed by atoms with Gasteiger partial charge < -0.3 is 11.1 Å². The van der Waals surface area contributed by atoms with E-state index in [1.165, 1.54) is 0 Å². The van der Waals surface area contributed by atoms with Crippen LogP contribution in [0.1, 0.15) is 34.6 Å². The fraction of sp³-hybridized carbons (Fsp3) is 1.00. The van der Waals surface area contributed by atoms with Gasteiger partial charge in [-0.25, -0.2) is 0 Å². The fourth-order valence-electron chi connectivity index (χ4n) is 1.07. The van der Waals surface area contributed by atoms with Crippen LogP contribution in [0, 0.1) is 0 Å². The highest BCUT2D eigenvalue weighted by Gasteiger charge is 2.21. The summed E-state index contributed by atoms with van der Waals surface area (Å²) in [7, 11) is 0. The number of hydrogen-bond acceptors (Lipinski definition) is 2. The van der Waals surface area contributed by atoms with Crippen LogP contribution in [0.25, 0.3) is 0 Å². The van der Waals surface area contributed by atoms with Crippen LogP contribution < -0.4 is 11.1 Å². The second-order valence-corrected chi connectivity index (χ2v) is 4.46. The fourth-order valence-corrected chi connectivity index (χ4v) is 1.07. The van der Waals surface area contributed by atoms with E-state index in [2.05, 4.69) is 39.9 Å². The molecule has 0 aromatic heterocycles. The van der Waals surface area contributed by atoms with Gasteiger partial charge in [-0.3, -0.25) is 0 Å². The lowest BCUT2D eigenvalue weighted by atomic mass is 9.99. The first kappa shape index (κ1) is 9.92. The van der Waals surface area contributed by atoms with Crippen LogP contribution >= 0.6 is 0 Å². The molecule has 0 saturated carbocycles. The molecular formula is C8H20N2. The van der Waals surface area contributed by atoms with Crippen LogP contribution in [0.3, 0.4) is 0 Å². The third-order valence-corrected chi connectivity index (χ3v) is 1.22. The SMILES string of the molecule is CC(C)(C)NC(C)(C)CN. The third kappa shape index (κ3) is 4.77. The molecule has 62 valence electrons. The van der Waals surface area contributed by atoms with E-state index in [1.54, 1.807) is 0 Å². The zero-order valence-electron chi connectivity index (χ0n) is 7.78. The van der Waals surface area contributed by atoms with Crippen LogP contribution in [-0.2, 0) is 0 Å². The second-order valence-electron chi connectivity index (χ2n) is 4.46. The monoisotopic (exact) mass is 144 g/mol. The van der Waals surface area contributed by atoms with Gasteiger partial charge >= 0.3 is 0 Å². The Hall–Kier alpha value is -0.0800. The van der Waals surface area contributed by atoms with Gasteiger partial charge in [0.05, 0.1) is 0 Å². The minimum atomic E-state index is 0.0538. The minimum Gasteiger partial charge on any atom is -0.329 e. The second kappa shape index (κ2) is 2.89. The predicted octanol–water partition coefficient (Wildman–Crippen LogP) is 1.11. The largest absolute Gasteiger partial charge is 0.329 e. The highest BCUT2D eigenvalue weighted by Crippen LogP contribution is 2.07. The molecule has 0 rings (SSSR count). The zero-order valence-corrected chi connectivity index (χ0v) is 7.78. The van der Waals surface area contributed by atoms with Crippen molar-refractivity contribution in [3.05, 3.63) is 0 Å². The van der Waals surface area contributed by atoms with E-state index in [1.807, 2.05) is 0 Å². The van der Waals surface area contributed by atoms with Gasteiger partial charge in [-0.2, -0.15) is 0 Å². The molecule has 0 spiro atoms. The van der Waals surface area contributed by atoms with Crippen LogP contribution in [0.2, 0.25) is 0 Å². The van der Waals surface area contributed by atoms with Gasteiger partial charge in [0.1, 0.15) is 0 Å². The summed E-state index contributed by atoms with van der Waals surface area (Å²) in [5, 5.41) is 3.42. The molecule has 10 heavy (non-hydrogen) atoms. The smallest absolute Gasteiger partial charge is 0.0252 e. The maximum atomic E-state index is 5.55. The lowest BCUT2D eigenvalue weighted by Gasteiger charge is -2.33. The van der Waals surface area contributed by atoms with Gasteiger partial charge in [0.25, 0.3) is 0 Å². The Bertz CT molecular complexity index is 100. The van der Waals surface area contributed by atoms with E-state index >= 15 is 0 Å². The van der Waals surface area contributed by atoms with Crippen LogP contribution in [0.4, 0.5) is 0 Å². The van der Waals surface area contributed by atoms with E-state index in [0.717, 1.165) is 0 Å². The molecule has 0 bridgehead atoms. The molecule has 0 atom stereocenters. The molecule has 0 unspecified atom stereocenters. The average molecular weight is 144 g/mol. The summed E-state index contributed by atoms with van der Waals surface area (Å²) in [6.07, 6.45) is 0. The predicted molar refractivity (Wildman–Crippen MR) is 46.0 cm³/mol. The minimum absolute atomic E-state index is 0.0538. The number of nitrogens with two attached hydrogens (primary N) is 1. The first-order valence-electron chi connectivity index (χ1n) is 3.76. The van der Waals surface area contributed by atoms with Crippen molar-refractivity contribution in [1.82, 2.24) is 5.32 Å². The lowest BCUT2D eigenvalue weighted by molar-refractivity contribution is 0.289. The van der Waals surface area contributed by atoms with Crippen LogP contribution in [-0.4, -0.2) is 17.6 Å².